The first-order valence-corrected chi connectivity index (χ1v) is 11.3. The number of hydrogen-bond donors (Lipinski definition) is 0. The van der Waals surface area contributed by atoms with Crippen molar-refractivity contribution in [2.45, 2.75) is 23.8 Å². The van der Waals surface area contributed by atoms with E-state index in [1.807, 2.05) is 6.07 Å². The van der Waals surface area contributed by atoms with Crippen LogP contribution in [0.3, 0.4) is 0 Å². The number of fused-ring (bicyclic) bond motifs is 4. The molecule has 1 aromatic carbocycles. The maximum absolute atomic E-state index is 13.3. The molecule has 0 unspecified atom stereocenters. The first kappa shape index (κ1) is 20.9. The van der Waals surface area contributed by atoms with E-state index in [1.54, 1.807) is 10.6 Å². The lowest BCUT2D eigenvalue weighted by molar-refractivity contribution is -0.142. The minimum Gasteiger partial charge on any atom is -0.480 e. The van der Waals surface area contributed by atoms with Gasteiger partial charge in [0.1, 0.15) is 5.75 Å². The molecule has 3 heterocycles. The number of carbonyl (C=O) groups excluding carboxylic acids is 1. The molecule has 0 spiro atoms. The second kappa shape index (κ2) is 8.05. The van der Waals surface area contributed by atoms with Crippen LogP contribution in [-0.4, -0.2) is 50.1 Å². The molecule has 10 heteroatoms. The molecule has 0 aliphatic carbocycles. The standard InChI is InChI=1S/C20H21ClN2O6S/c1-28-20(25)12-29-18-6-5-15(8-16(18)21)30(26,27)22-9-13-7-14(11-22)17-3-2-4-19(24)23(17)10-13/h2-6,8,13-14H,7,9-12H2,1H3/t13-,14+/m1/s1. The summed E-state index contributed by atoms with van der Waals surface area (Å²) < 4.78 is 39.5. The third-order valence-corrected chi connectivity index (χ3v) is 7.68. The lowest BCUT2D eigenvalue weighted by atomic mass is 9.84. The quantitative estimate of drug-likeness (QED) is 0.643. The summed E-state index contributed by atoms with van der Waals surface area (Å²) >= 11 is 6.18. The van der Waals surface area contributed by atoms with Crippen molar-refractivity contribution in [2.24, 2.45) is 5.92 Å². The van der Waals surface area contributed by atoms with E-state index in [-0.39, 0.29) is 39.7 Å². The molecule has 0 radical (unpaired) electrons. The molecule has 30 heavy (non-hydrogen) atoms. The van der Waals surface area contributed by atoms with Crippen molar-refractivity contribution in [3.8, 4) is 5.75 Å². The van der Waals surface area contributed by atoms with E-state index < -0.39 is 16.0 Å². The summed E-state index contributed by atoms with van der Waals surface area (Å²) in [5.74, 6) is -0.324. The van der Waals surface area contributed by atoms with Crippen molar-refractivity contribution in [1.82, 2.24) is 8.87 Å². The number of ether oxygens (including phenoxy) is 2. The molecule has 0 N–H and O–H groups in total. The highest BCUT2D eigenvalue weighted by Gasteiger charge is 2.39. The highest BCUT2D eigenvalue weighted by Crippen LogP contribution is 2.38. The number of benzene rings is 1. The number of hydrogen-bond acceptors (Lipinski definition) is 6. The molecule has 160 valence electrons. The average molecular weight is 453 g/mol. The van der Waals surface area contributed by atoms with Crippen molar-refractivity contribution in [1.29, 1.82) is 0 Å². The highest BCUT2D eigenvalue weighted by atomic mass is 35.5. The van der Waals surface area contributed by atoms with Crippen LogP contribution in [0.2, 0.25) is 5.02 Å². The summed E-state index contributed by atoms with van der Waals surface area (Å²) in [4.78, 5) is 23.4. The number of carbonyl (C=O) groups is 1. The Balaban J connectivity index is 1.57. The van der Waals surface area contributed by atoms with Crippen molar-refractivity contribution >= 4 is 27.6 Å². The van der Waals surface area contributed by atoms with Crippen LogP contribution < -0.4 is 10.3 Å². The highest BCUT2D eigenvalue weighted by molar-refractivity contribution is 7.89. The van der Waals surface area contributed by atoms with E-state index in [9.17, 15) is 18.0 Å². The topological polar surface area (TPSA) is 94.9 Å². The van der Waals surface area contributed by atoms with Gasteiger partial charge in [0.05, 0.1) is 17.0 Å². The molecule has 2 aliphatic heterocycles. The van der Waals surface area contributed by atoms with Crippen LogP contribution in [0.4, 0.5) is 0 Å². The fourth-order valence-corrected chi connectivity index (χ4v) is 6.04. The van der Waals surface area contributed by atoms with Crippen LogP contribution in [-0.2, 0) is 26.1 Å². The van der Waals surface area contributed by atoms with Crippen LogP contribution in [0.1, 0.15) is 18.0 Å². The zero-order valence-electron chi connectivity index (χ0n) is 16.3. The zero-order valence-corrected chi connectivity index (χ0v) is 17.9. The van der Waals surface area contributed by atoms with Gasteiger partial charge in [-0.1, -0.05) is 17.7 Å². The van der Waals surface area contributed by atoms with E-state index in [0.717, 1.165) is 12.1 Å². The molecule has 0 amide bonds. The molecule has 2 aromatic rings. The van der Waals surface area contributed by atoms with Gasteiger partial charge in [0.15, 0.2) is 6.61 Å². The van der Waals surface area contributed by atoms with Gasteiger partial charge >= 0.3 is 5.97 Å². The fraction of sp³-hybridized carbons (Fsp3) is 0.400. The Kier molecular flexibility index (Phi) is 5.61. The number of methoxy groups -OCH3 is 1. The number of halogens is 1. The van der Waals surface area contributed by atoms with Gasteiger partial charge in [-0.25, -0.2) is 13.2 Å². The van der Waals surface area contributed by atoms with Crippen LogP contribution in [0.25, 0.3) is 0 Å². The molecule has 4 rings (SSSR count). The molecule has 1 aromatic heterocycles. The predicted octanol–water partition coefficient (Wildman–Crippen LogP) is 1.86. The first-order valence-electron chi connectivity index (χ1n) is 9.48. The lowest BCUT2D eigenvalue weighted by Crippen LogP contribution is -2.49. The Labute approximate surface area is 179 Å². The summed E-state index contributed by atoms with van der Waals surface area (Å²) in [6.07, 6.45) is 0.858. The summed E-state index contributed by atoms with van der Waals surface area (Å²) in [6.45, 7) is 0.841. The minimum atomic E-state index is -3.78. The number of esters is 1. The molecule has 0 saturated carbocycles. The van der Waals surface area contributed by atoms with Crippen LogP contribution in [0.5, 0.6) is 5.75 Å². The van der Waals surface area contributed by atoms with Gasteiger partial charge in [0.25, 0.3) is 5.56 Å². The Morgan fingerprint density at radius 2 is 2.00 bits per heavy atom. The van der Waals surface area contributed by atoms with Gasteiger partial charge in [-0.05, 0) is 36.6 Å². The van der Waals surface area contributed by atoms with Gasteiger partial charge in [0.2, 0.25) is 10.0 Å². The summed E-state index contributed by atoms with van der Waals surface area (Å²) in [5.41, 5.74) is 0.830. The van der Waals surface area contributed by atoms with E-state index in [2.05, 4.69) is 4.74 Å². The van der Waals surface area contributed by atoms with Crippen molar-refractivity contribution in [3.05, 3.63) is 57.5 Å². The first-order chi connectivity index (χ1) is 14.3. The molecule has 1 saturated heterocycles. The number of aromatic nitrogens is 1. The molecular weight excluding hydrogens is 432 g/mol. The van der Waals surface area contributed by atoms with Crippen LogP contribution in [0.15, 0.2) is 46.1 Å². The third kappa shape index (κ3) is 3.84. The Bertz CT molecular complexity index is 1150. The van der Waals surface area contributed by atoms with Gasteiger partial charge in [-0.2, -0.15) is 4.31 Å². The van der Waals surface area contributed by atoms with E-state index >= 15 is 0 Å². The van der Waals surface area contributed by atoms with Gasteiger partial charge in [-0.15, -0.1) is 0 Å². The molecule has 2 bridgehead atoms. The van der Waals surface area contributed by atoms with Crippen LogP contribution >= 0.6 is 11.6 Å². The SMILES string of the molecule is COC(=O)COc1ccc(S(=O)(=O)N2C[C@H]3C[C@@H](C2)c2cccc(=O)n2C3)cc1Cl. The summed E-state index contributed by atoms with van der Waals surface area (Å²) in [7, 11) is -2.54. The third-order valence-electron chi connectivity index (χ3n) is 5.56. The summed E-state index contributed by atoms with van der Waals surface area (Å²) in [5, 5.41) is 0.0917. The second-order valence-electron chi connectivity index (χ2n) is 7.48. The minimum absolute atomic E-state index is 0.0284. The van der Waals surface area contributed by atoms with E-state index in [1.165, 1.54) is 35.7 Å². The van der Waals surface area contributed by atoms with Crippen molar-refractivity contribution in [3.63, 3.8) is 0 Å². The number of sulfonamides is 1. The predicted molar refractivity (Wildman–Crippen MR) is 109 cm³/mol. The molecular formula is C20H21ClN2O6S. The van der Waals surface area contributed by atoms with E-state index in [0.29, 0.717) is 19.6 Å². The lowest BCUT2D eigenvalue weighted by Gasteiger charge is -2.42. The Morgan fingerprint density at radius 3 is 2.73 bits per heavy atom. The number of nitrogens with zero attached hydrogens (tertiary/aromatic N) is 2. The Morgan fingerprint density at radius 1 is 1.20 bits per heavy atom. The summed E-state index contributed by atoms with van der Waals surface area (Å²) in [6, 6.07) is 9.31. The number of rotatable bonds is 5. The number of pyridine rings is 1. The van der Waals surface area contributed by atoms with Crippen molar-refractivity contribution in [2.75, 3.05) is 26.8 Å². The van der Waals surface area contributed by atoms with E-state index in [4.69, 9.17) is 16.3 Å². The van der Waals surface area contributed by atoms with Gasteiger partial charge < -0.3 is 14.0 Å². The van der Waals surface area contributed by atoms with Crippen LogP contribution in [0, 0.1) is 5.92 Å². The smallest absolute Gasteiger partial charge is 0.343 e. The second-order valence-corrected chi connectivity index (χ2v) is 9.82. The average Bonchev–Trinajstić information content (AvgIpc) is 2.73. The number of piperidine rings is 1. The maximum atomic E-state index is 13.3. The largest absolute Gasteiger partial charge is 0.480 e. The van der Waals surface area contributed by atoms with Gasteiger partial charge in [0, 0.05) is 37.3 Å². The van der Waals surface area contributed by atoms with Gasteiger partial charge in [-0.3, -0.25) is 4.79 Å². The monoisotopic (exact) mass is 452 g/mol. The Hall–Kier alpha value is -2.36. The zero-order chi connectivity index (χ0) is 21.5. The molecule has 1 fully saturated rings. The normalized spacial score (nSPS) is 21.0. The maximum Gasteiger partial charge on any atom is 0.343 e. The van der Waals surface area contributed by atoms with Crippen molar-refractivity contribution < 1.29 is 22.7 Å². The molecule has 2 atom stereocenters. The fourth-order valence-electron chi connectivity index (χ4n) is 4.15. The molecule has 8 nitrogen and oxygen atoms in total. The molecule has 2 aliphatic rings.